The van der Waals surface area contributed by atoms with Gasteiger partial charge in [-0.25, -0.2) is 9.78 Å². The van der Waals surface area contributed by atoms with E-state index in [0.717, 1.165) is 11.3 Å². The van der Waals surface area contributed by atoms with Crippen LogP contribution in [-0.4, -0.2) is 17.6 Å². The van der Waals surface area contributed by atoms with Crippen LogP contribution in [0.2, 0.25) is 10.0 Å². The highest BCUT2D eigenvalue weighted by Crippen LogP contribution is 2.26. The lowest BCUT2D eigenvalue weighted by Crippen LogP contribution is -2.30. The molecule has 0 aliphatic rings. The maximum atomic E-state index is 11.9. The summed E-state index contributed by atoms with van der Waals surface area (Å²) in [5.41, 5.74) is 1.88. The molecule has 4 nitrogen and oxygen atoms in total. The van der Waals surface area contributed by atoms with Gasteiger partial charge in [0.1, 0.15) is 0 Å². The fraction of sp³-hybridized carbons (Fsp3) is 0.375. The third kappa shape index (κ3) is 5.37. The van der Waals surface area contributed by atoms with Crippen molar-refractivity contribution in [3.63, 3.8) is 0 Å². The van der Waals surface area contributed by atoms with Gasteiger partial charge in [-0.05, 0) is 24.1 Å². The van der Waals surface area contributed by atoms with Crippen molar-refractivity contribution >= 4 is 45.7 Å². The normalized spacial score (nSPS) is 11.3. The molecule has 2 rings (SSSR count). The number of nitrogens with one attached hydrogen (secondary N) is 2. The number of rotatable bonds is 4. The number of benzene rings is 1. The van der Waals surface area contributed by atoms with Crippen molar-refractivity contribution < 1.29 is 4.79 Å². The van der Waals surface area contributed by atoms with E-state index in [1.807, 2.05) is 11.4 Å². The molecular formula is C16H19Cl2N3OS. The third-order valence-corrected chi connectivity index (χ3v) is 4.53. The van der Waals surface area contributed by atoms with E-state index < -0.39 is 0 Å². The number of carbonyl (C=O) groups excluding carboxylic acids is 1. The Balaban J connectivity index is 1.82. The highest BCUT2D eigenvalue weighted by molar-refractivity contribution is 7.13. The molecule has 0 saturated carbocycles. The van der Waals surface area contributed by atoms with Crippen molar-refractivity contribution in [2.45, 2.75) is 32.6 Å². The topological polar surface area (TPSA) is 54.0 Å². The number of hydrogen-bond donors (Lipinski definition) is 2. The van der Waals surface area contributed by atoms with Crippen LogP contribution >= 0.6 is 34.5 Å². The summed E-state index contributed by atoms with van der Waals surface area (Å²) in [6.07, 6.45) is 0.633. The van der Waals surface area contributed by atoms with Gasteiger partial charge in [0.05, 0.1) is 5.69 Å². The van der Waals surface area contributed by atoms with E-state index >= 15 is 0 Å². The van der Waals surface area contributed by atoms with Crippen molar-refractivity contribution in [1.82, 2.24) is 10.3 Å². The zero-order chi connectivity index (χ0) is 17.0. The second-order valence-electron chi connectivity index (χ2n) is 6.15. The first-order chi connectivity index (χ1) is 10.8. The molecule has 1 aromatic carbocycles. The molecule has 0 aliphatic heterocycles. The minimum absolute atomic E-state index is 0.0295. The Hall–Kier alpha value is -1.30. The number of urea groups is 1. The summed E-state index contributed by atoms with van der Waals surface area (Å²) < 4.78 is 0. The van der Waals surface area contributed by atoms with Crippen molar-refractivity contribution in [2.75, 3.05) is 11.9 Å². The molecule has 0 spiro atoms. The van der Waals surface area contributed by atoms with E-state index in [1.165, 1.54) is 11.3 Å². The molecule has 2 N–H and O–H groups in total. The number of thiazole rings is 1. The van der Waals surface area contributed by atoms with Crippen LogP contribution in [0.4, 0.5) is 9.93 Å². The quantitative estimate of drug-likeness (QED) is 0.783. The summed E-state index contributed by atoms with van der Waals surface area (Å²) >= 11 is 13.4. The summed E-state index contributed by atoms with van der Waals surface area (Å²) in [4.78, 5) is 16.3. The maximum Gasteiger partial charge on any atom is 0.321 e. The number of hydrogen-bond acceptors (Lipinski definition) is 3. The zero-order valence-electron chi connectivity index (χ0n) is 13.2. The van der Waals surface area contributed by atoms with Crippen molar-refractivity contribution in [3.05, 3.63) is 44.9 Å². The lowest BCUT2D eigenvalue weighted by molar-refractivity contribution is 0.252. The molecule has 2 amide bonds. The van der Waals surface area contributed by atoms with E-state index in [9.17, 15) is 4.79 Å². The van der Waals surface area contributed by atoms with Crippen molar-refractivity contribution in [1.29, 1.82) is 0 Å². The van der Waals surface area contributed by atoms with Crippen LogP contribution in [-0.2, 0) is 11.8 Å². The second-order valence-corrected chi connectivity index (χ2v) is 7.86. The van der Waals surface area contributed by atoms with Gasteiger partial charge in [-0.15, -0.1) is 11.3 Å². The highest BCUT2D eigenvalue weighted by atomic mass is 35.5. The summed E-state index contributed by atoms with van der Waals surface area (Å²) in [6.45, 7) is 6.73. The van der Waals surface area contributed by atoms with Gasteiger partial charge in [0, 0.05) is 27.4 Å². The van der Waals surface area contributed by atoms with Gasteiger partial charge in [0.25, 0.3) is 0 Å². The van der Waals surface area contributed by atoms with Gasteiger partial charge in [0.2, 0.25) is 0 Å². The second kappa shape index (κ2) is 7.51. The first kappa shape index (κ1) is 18.0. The van der Waals surface area contributed by atoms with Crippen LogP contribution in [0.15, 0.2) is 23.6 Å². The summed E-state index contributed by atoms with van der Waals surface area (Å²) in [5.74, 6) is 0. The molecule has 1 aromatic heterocycles. The standard InChI is InChI=1S/C16H19Cl2N3OS/c1-16(2,3)13-9-23-15(20-13)21-14(22)19-7-6-10-4-5-11(17)8-12(10)18/h4-5,8-9H,6-7H2,1-3H3,(H2,19,20,21,22). The fourth-order valence-electron chi connectivity index (χ4n) is 1.85. The molecule has 2 aromatic rings. The van der Waals surface area contributed by atoms with Crippen LogP contribution in [0.3, 0.4) is 0 Å². The molecule has 0 bridgehead atoms. The minimum atomic E-state index is -0.273. The van der Waals surface area contributed by atoms with E-state index in [4.69, 9.17) is 23.2 Å². The SMILES string of the molecule is CC(C)(C)c1csc(NC(=O)NCCc2ccc(Cl)cc2Cl)n1. The Kier molecular flexibility index (Phi) is 5.89. The third-order valence-electron chi connectivity index (χ3n) is 3.19. The Bertz CT molecular complexity index is 695. The van der Waals surface area contributed by atoms with Gasteiger partial charge in [0.15, 0.2) is 5.13 Å². The van der Waals surface area contributed by atoms with Crippen LogP contribution in [0.25, 0.3) is 0 Å². The highest BCUT2D eigenvalue weighted by Gasteiger charge is 2.18. The van der Waals surface area contributed by atoms with Crippen LogP contribution in [0, 0.1) is 0 Å². The van der Waals surface area contributed by atoms with Crippen molar-refractivity contribution in [2.24, 2.45) is 0 Å². The van der Waals surface area contributed by atoms with Gasteiger partial charge in [-0.3, -0.25) is 5.32 Å². The Morgan fingerprint density at radius 3 is 2.65 bits per heavy atom. The summed E-state index contributed by atoms with van der Waals surface area (Å²) in [5, 5.41) is 9.30. The predicted octanol–water partition coefficient (Wildman–Crippen LogP) is 5.11. The van der Waals surface area contributed by atoms with E-state index in [0.29, 0.717) is 28.1 Å². The number of nitrogens with zero attached hydrogens (tertiary/aromatic N) is 1. The number of anilines is 1. The van der Waals surface area contributed by atoms with Crippen LogP contribution in [0.1, 0.15) is 32.0 Å². The van der Waals surface area contributed by atoms with E-state index in [-0.39, 0.29) is 11.4 Å². The minimum Gasteiger partial charge on any atom is -0.337 e. The first-order valence-corrected chi connectivity index (χ1v) is 8.84. The average Bonchev–Trinajstić information content (AvgIpc) is 2.89. The van der Waals surface area contributed by atoms with Crippen LogP contribution < -0.4 is 10.6 Å². The number of amides is 2. The number of aromatic nitrogens is 1. The van der Waals surface area contributed by atoms with Gasteiger partial charge in [-0.1, -0.05) is 50.0 Å². The molecule has 0 radical (unpaired) electrons. The van der Waals surface area contributed by atoms with Gasteiger partial charge >= 0.3 is 6.03 Å². The molecule has 0 unspecified atom stereocenters. The van der Waals surface area contributed by atoms with Gasteiger partial charge < -0.3 is 5.32 Å². The first-order valence-electron chi connectivity index (χ1n) is 7.20. The molecule has 0 saturated heterocycles. The Labute approximate surface area is 150 Å². The summed E-state index contributed by atoms with van der Waals surface area (Å²) in [7, 11) is 0. The molecule has 124 valence electrons. The maximum absolute atomic E-state index is 11.9. The largest absolute Gasteiger partial charge is 0.337 e. The molecule has 1 heterocycles. The van der Waals surface area contributed by atoms with Gasteiger partial charge in [-0.2, -0.15) is 0 Å². The molecule has 0 fully saturated rings. The molecular weight excluding hydrogens is 353 g/mol. The lowest BCUT2D eigenvalue weighted by atomic mass is 9.93. The van der Waals surface area contributed by atoms with Crippen LogP contribution in [0.5, 0.6) is 0 Å². The zero-order valence-corrected chi connectivity index (χ0v) is 15.6. The molecule has 7 heteroatoms. The summed E-state index contributed by atoms with van der Waals surface area (Å²) in [6, 6.07) is 5.07. The lowest BCUT2D eigenvalue weighted by Gasteiger charge is -2.14. The molecule has 23 heavy (non-hydrogen) atoms. The average molecular weight is 372 g/mol. The predicted molar refractivity (Wildman–Crippen MR) is 98.0 cm³/mol. The van der Waals surface area contributed by atoms with E-state index in [2.05, 4.69) is 36.4 Å². The van der Waals surface area contributed by atoms with Crippen molar-refractivity contribution in [3.8, 4) is 0 Å². The number of carbonyl (C=O) groups is 1. The Morgan fingerprint density at radius 1 is 1.30 bits per heavy atom. The number of halogens is 2. The van der Waals surface area contributed by atoms with E-state index in [1.54, 1.807) is 12.1 Å². The fourth-order valence-corrected chi connectivity index (χ4v) is 3.29. The smallest absolute Gasteiger partial charge is 0.321 e. The molecule has 0 aliphatic carbocycles. The molecule has 0 atom stereocenters. The monoisotopic (exact) mass is 371 g/mol. The Morgan fingerprint density at radius 2 is 2.04 bits per heavy atom.